The average molecular weight is 598 g/mol. The number of benzene rings is 2. The van der Waals surface area contributed by atoms with E-state index in [1.165, 1.54) is 6.08 Å². The Bertz CT molecular complexity index is 1230. The number of oxime groups is 1. The van der Waals surface area contributed by atoms with Crippen LogP contribution in [0.25, 0.3) is 6.08 Å². The Morgan fingerprint density at radius 2 is 1.69 bits per heavy atom. The molecule has 0 radical (unpaired) electrons. The number of alkyl halides is 1. The lowest BCUT2D eigenvalue weighted by molar-refractivity contribution is -0.147. The van der Waals surface area contributed by atoms with Crippen molar-refractivity contribution in [2.24, 2.45) is 11.1 Å². The highest BCUT2D eigenvalue weighted by Crippen LogP contribution is 2.31. The van der Waals surface area contributed by atoms with Gasteiger partial charge in [-0.25, -0.2) is 0 Å². The number of hydrogen-bond donors (Lipinski definition) is 3. The SMILES string of the molecule is CC(C)[C@H](NC(=O)C=Cc1ccccc1)C1=NOC(Cc2ccccc2)(C(=O)N[C@@H](CC(=O)O)C(=O)CBr)C1. The first-order valence-corrected chi connectivity index (χ1v) is 13.7. The minimum Gasteiger partial charge on any atom is -0.481 e. The third-order valence-corrected chi connectivity index (χ3v) is 6.86. The topological polar surface area (TPSA) is 134 Å². The zero-order chi connectivity index (χ0) is 28.4. The number of hydrogen-bond acceptors (Lipinski definition) is 6. The van der Waals surface area contributed by atoms with Gasteiger partial charge in [-0.3, -0.25) is 19.2 Å². The minimum absolute atomic E-state index is 0.0432. The van der Waals surface area contributed by atoms with Crippen molar-refractivity contribution in [3.63, 3.8) is 0 Å². The van der Waals surface area contributed by atoms with E-state index in [0.29, 0.717) is 5.71 Å². The maximum atomic E-state index is 13.6. The average Bonchev–Trinajstić information content (AvgIpc) is 3.35. The first kappa shape index (κ1) is 29.8. The van der Waals surface area contributed by atoms with Gasteiger partial charge in [-0.15, -0.1) is 0 Å². The van der Waals surface area contributed by atoms with Gasteiger partial charge in [0.25, 0.3) is 5.91 Å². The molecular formula is C29H32BrN3O6. The fraction of sp³-hybridized carbons (Fsp3) is 0.345. The van der Waals surface area contributed by atoms with Gasteiger partial charge in [0, 0.05) is 18.9 Å². The molecule has 0 spiro atoms. The third-order valence-electron chi connectivity index (χ3n) is 6.31. The van der Waals surface area contributed by atoms with Crippen molar-refractivity contribution < 1.29 is 29.1 Å². The lowest BCUT2D eigenvalue weighted by Crippen LogP contribution is -2.55. The number of halogens is 1. The molecule has 0 saturated heterocycles. The molecule has 0 aromatic heterocycles. The second-order valence-electron chi connectivity index (χ2n) is 9.71. The molecule has 1 heterocycles. The van der Waals surface area contributed by atoms with E-state index >= 15 is 0 Å². The Labute approximate surface area is 235 Å². The normalized spacial score (nSPS) is 18.2. The number of nitrogens with zero attached hydrogens (tertiary/aromatic N) is 1. The summed E-state index contributed by atoms with van der Waals surface area (Å²) in [6.07, 6.45) is 2.75. The molecule has 3 rings (SSSR count). The van der Waals surface area contributed by atoms with E-state index in [-0.39, 0.29) is 30.0 Å². The molecule has 0 bridgehead atoms. The smallest absolute Gasteiger partial charge is 0.305 e. The first-order chi connectivity index (χ1) is 18.6. The molecule has 10 heteroatoms. The van der Waals surface area contributed by atoms with Gasteiger partial charge < -0.3 is 20.6 Å². The summed E-state index contributed by atoms with van der Waals surface area (Å²) in [6.45, 7) is 3.84. The van der Waals surface area contributed by atoms with Crippen LogP contribution in [0, 0.1) is 5.92 Å². The quantitative estimate of drug-likeness (QED) is 0.239. The molecule has 1 unspecified atom stereocenters. The van der Waals surface area contributed by atoms with Gasteiger partial charge >= 0.3 is 5.97 Å². The van der Waals surface area contributed by atoms with Crippen LogP contribution in [0.15, 0.2) is 71.9 Å². The van der Waals surface area contributed by atoms with Gasteiger partial charge in [0.15, 0.2) is 5.78 Å². The third kappa shape index (κ3) is 8.35. The highest BCUT2D eigenvalue weighted by Gasteiger charge is 2.49. The van der Waals surface area contributed by atoms with Crippen molar-refractivity contribution >= 4 is 51.3 Å². The van der Waals surface area contributed by atoms with Crippen LogP contribution in [0.2, 0.25) is 0 Å². The van der Waals surface area contributed by atoms with Crippen molar-refractivity contribution in [2.45, 2.75) is 50.8 Å². The number of Topliss-reactive ketones (excluding diaryl/α,β-unsaturated/α-hetero) is 1. The number of nitrogens with one attached hydrogen (secondary N) is 2. The Morgan fingerprint density at radius 3 is 2.28 bits per heavy atom. The molecule has 1 aliphatic heterocycles. The maximum Gasteiger partial charge on any atom is 0.305 e. The van der Waals surface area contributed by atoms with E-state index in [4.69, 9.17) is 4.84 Å². The summed E-state index contributed by atoms with van der Waals surface area (Å²) in [6, 6.07) is 16.8. The molecule has 2 amide bonds. The van der Waals surface area contributed by atoms with Gasteiger partial charge in [-0.2, -0.15) is 0 Å². The monoisotopic (exact) mass is 597 g/mol. The van der Waals surface area contributed by atoms with Crippen molar-refractivity contribution in [1.82, 2.24) is 10.6 Å². The Balaban J connectivity index is 1.83. The number of aliphatic carboxylic acids is 1. The van der Waals surface area contributed by atoms with Crippen molar-refractivity contribution in [3.8, 4) is 0 Å². The Hall–Kier alpha value is -3.79. The molecule has 0 aliphatic carbocycles. The first-order valence-electron chi connectivity index (χ1n) is 12.6. The van der Waals surface area contributed by atoms with E-state index in [1.54, 1.807) is 6.08 Å². The van der Waals surface area contributed by atoms with Crippen LogP contribution in [-0.4, -0.2) is 57.4 Å². The number of carboxylic acid groups (broad SMARTS) is 1. The lowest BCUT2D eigenvalue weighted by atomic mass is 9.84. The van der Waals surface area contributed by atoms with Crippen molar-refractivity contribution in [3.05, 3.63) is 77.9 Å². The Morgan fingerprint density at radius 1 is 1.05 bits per heavy atom. The van der Waals surface area contributed by atoms with E-state index < -0.39 is 41.8 Å². The van der Waals surface area contributed by atoms with Crippen LogP contribution in [0.4, 0.5) is 0 Å². The molecule has 2 aromatic rings. The summed E-state index contributed by atoms with van der Waals surface area (Å²) < 4.78 is 0. The molecular weight excluding hydrogens is 566 g/mol. The van der Waals surface area contributed by atoms with E-state index in [2.05, 4.69) is 31.7 Å². The molecule has 206 valence electrons. The minimum atomic E-state index is -1.53. The zero-order valence-corrected chi connectivity index (χ0v) is 23.4. The number of carboxylic acids is 1. The molecule has 0 fully saturated rings. The number of carbonyl (C=O) groups excluding carboxylic acids is 3. The zero-order valence-electron chi connectivity index (χ0n) is 21.8. The van der Waals surface area contributed by atoms with Crippen LogP contribution in [0.3, 0.4) is 0 Å². The highest BCUT2D eigenvalue weighted by atomic mass is 79.9. The maximum absolute atomic E-state index is 13.6. The molecule has 2 aromatic carbocycles. The summed E-state index contributed by atoms with van der Waals surface area (Å²) in [5.74, 6) is -2.75. The van der Waals surface area contributed by atoms with Crippen LogP contribution in [0.1, 0.15) is 37.8 Å². The summed E-state index contributed by atoms with van der Waals surface area (Å²) in [5.41, 5.74) is 0.612. The number of rotatable bonds is 13. The number of amides is 2. The Kier molecular flexibility index (Phi) is 10.6. The van der Waals surface area contributed by atoms with Gasteiger partial charge in [0.05, 0.1) is 29.5 Å². The van der Waals surface area contributed by atoms with Crippen LogP contribution in [-0.2, 0) is 30.4 Å². The van der Waals surface area contributed by atoms with Crippen LogP contribution in [0.5, 0.6) is 0 Å². The highest BCUT2D eigenvalue weighted by molar-refractivity contribution is 9.09. The molecule has 39 heavy (non-hydrogen) atoms. The second kappa shape index (κ2) is 13.8. The predicted molar refractivity (Wildman–Crippen MR) is 151 cm³/mol. The van der Waals surface area contributed by atoms with E-state index in [1.807, 2.05) is 74.5 Å². The van der Waals surface area contributed by atoms with Gasteiger partial charge in [0.1, 0.15) is 0 Å². The molecule has 9 nitrogen and oxygen atoms in total. The standard InChI is InChI=1S/C29H32BrN3O6/c1-19(2)27(32-25(35)14-13-20-9-5-3-6-10-20)23-17-29(39-33-23,16-21-11-7-4-8-12-21)28(38)31-22(15-26(36)37)24(34)18-30/h3-14,19,22,27H,15-18H2,1-2H3,(H,31,38)(H,32,35)(H,36,37)/t22-,27-,29?/m0/s1. The lowest BCUT2D eigenvalue weighted by Gasteiger charge is -2.28. The van der Waals surface area contributed by atoms with E-state index in [9.17, 15) is 24.3 Å². The van der Waals surface area contributed by atoms with Crippen molar-refractivity contribution in [2.75, 3.05) is 5.33 Å². The molecule has 3 atom stereocenters. The van der Waals surface area contributed by atoms with E-state index in [0.717, 1.165) is 11.1 Å². The van der Waals surface area contributed by atoms with Gasteiger partial charge in [0.2, 0.25) is 11.5 Å². The summed E-state index contributed by atoms with van der Waals surface area (Å²) in [7, 11) is 0. The predicted octanol–water partition coefficient (Wildman–Crippen LogP) is 3.52. The second-order valence-corrected chi connectivity index (χ2v) is 10.3. The molecule has 3 N–H and O–H groups in total. The van der Waals surface area contributed by atoms with Gasteiger partial charge in [-0.1, -0.05) is 95.6 Å². The van der Waals surface area contributed by atoms with Crippen LogP contribution >= 0.6 is 15.9 Å². The number of carbonyl (C=O) groups is 4. The summed E-state index contributed by atoms with van der Waals surface area (Å²) in [4.78, 5) is 55.9. The number of ketones is 1. The fourth-order valence-corrected chi connectivity index (χ4v) is 4.66. The van der Waals surface area contributed by atoms with Gasteiger partial charge in [-0.05, 0) is 23.1 Å². The summed E-state index contributed by atoms with van der Waals surface area (Å²) >= 11 is 3.05. The van der Waals surface area contributed by atoms with Crippen LogP contribution < -0.4 is 10.6 Å². The molecule has 0 saturated carbocycles. The summed E-state index contributed by atoms with van der Waals surface area (Å²) in [5, 5.41) is 18.9. The molecule has 1 aliphatic rings. The van der Waals surface area contributed by atoms with Crippen molar-refractivity contribution in [1.29, 1.82) is 0 Å². The largest absolute Gasteiger partial charge is 0.481 e. The fourth-order valence-electron chi connectivity index (χ4n) is 4.27.